The quantitative estimate of drug-likeness (QED) is 0.540. The molecule has 2 N–H and O–H groups in total. The van der Waals surface area contributed by atoms with Gasteiger partial charge in [0, 0.05) is 56.8 Å². The van der Waals surface area contributed by atoms with Gasteiger partial charge in [-0.2, -0.15) is 0 Å². The van der Waals surface area contributed by atoms with Crippen LogP contribution in [0.5, 0.6) is 0 Å². The normalized spacial score (nSPS) is 17.1. The van der Waals surface area contributed by atoms with Gasteiger partial charge in [-0.1, -0.05) is 12.1 Å². The lowest BCUT2D eigenvalue weighted by molar-refractivity contribution is -0.123. The molecule has 8 heteroatoms. The van der Waals surface area contributed by atoms with Gasteiger partial charge in [0.1, 0.15) is 5.76 Å². The number of carbonyl (C=O) groups is 1. The number of nitrogens with one attached hydrogen (secondary N) is 2. The Morgan fingerprint density at radius 2 is 1.89 bits per heavy atom. The minimum Gasteiger partial charge on any atom is -0.361 e. The molecule has 28 heavy (non-hydrogen) atoms. The number of rotatable bonds is 7. The fourth-order valence-electron chi connectivity index (χ4n) is 3.62. The Morgan fingerprint density at radius 1 is 1.21 bits per heavy atom. The van der Waals surface area contributed by atoms with Gasteiger partial charge in [0.05, 0.1) is 12.2 Å². The molecule has 1 saturated heterocycles. The fraction of sp³-hybridized carbons (Fsp3) is 0.750. The molecule has 8 nitrogen and oxygen atoms in total. The van der Waals surface area contributed by atoms with Crippen LogP contribution in [0.1, 0.15) is 50.6 Å². The van der Waals surface area contributed by atoms with Crippen LogP contribution in [0.4, 0.5) is 0 Å². The lowest BCUT2D eigenvalue weighted by Gasteiger charge is -2.36. The molecular formula is C20H36N6O2. The fourth-order valence-corrected chi connectivity index (χ4v) is 3.62. The lowest BCUT2D eigenvalue weighted by Crippen LogP contribution is -2.54. The molecule has 1 aromatic rings. The summed E-state index contributed by atoms with van der Waals surface area (Å²) in [7, 11) is 0. The Morgan fingerprint density at radius 3 is 2.43 bits per heavy atom. The minimum atomic E-state index is 0.0947. The molecule has 158 valence electrons. The van der Waals surface area contributed by atoms with Gasteiger partial charge in [-0.05, 0) is 34.6 Å². The molecule has 1 aliphatic heterocycles. The van der Waals surface area contributed by atoms with E-state index < -0.39 is 0 Å². The van der Waals surface area contributed by atoms with Crippen LogP contribution in [0.25, 0.3) is 0 Å². The number of aromatic nitrogens is 1. The van der Waals surface area contributed by atoms with Gasteiger partial charge >= 0.3 is 0 Å². The second kappa shape index (κ2) is 10.5. The molecule has 0 radical (unpaired) electrons. The van der Waals surface area contributed by atoms with Gasteiger partial charge in [-0.3, -0.25) is 14.7 Å². The van der Waals surface area contributed by atoms with Gasteiger partial charge in [0.25, 0.3) is 0 Å². The van der Waals surface area contributed by atoms with Crippen LogP contribution in [0.15, 0.2) is 9.52 Å². The van der Waals surface area contributed by atoms with E-state index in [1.807, 2.05) is 27.7 Å². The third-order valence-corrected chi connectivity index (χ3v) is 4.92. The number of piperazine rings is 1. The zero-order valence-corrected chi connectivity index (χ0v) is 18.2. The average molecular weight is 393 g/mol. The standard InChI is InChI=1S/C20H36N6O2/c1-7-21-20(22-12-15(4)19-16(5)24-28-17(19)6)26-10-8-25(9-11-26)13-18(27)23-14(2)3/h14-15H,7-13H2,1-6H3,(H,21,22)(H,23,27). The highest BCUT2D eigenvalue weighted by molar-refractivity contribution is 5.80. The first-order chi connectivity index (χ1) is 13.3. The van der Waals surface area contributed by atoms with Crippen LogP contribution in [0.2, 0.25) is 0 Å². The van der Waals surface area contributed by atoms with Crippen molar-refractivity contribution < 1.29 is 9.32 Å². The number of hydrogen-bond acceptors (Lipinski definition) is 5. The Hall–Kier alpha value is -2.09. The van der Waals surface area contributed by atoms with E-state index in [4.69, 9.17) is 9.52 Å². The van der Waals surface area contributed by atoms with Crippen LogP contribution >= 0.6 is 0 Å². The van der Waals surface area contributed by atoms with E-state index in [0.717, 1.165) is 55.7 Å². The van der Waals surface area contributed by atoms with E-state index in [-0.39, 0.29) is 17.9 Å². The topological polar surface area (TPSA) is 86.0 Å². The van der Waals surface area contributed by atoms with Crippen molar-refractivity contribution in [1.82, 2.24) is 25.6 Å². The molecule has 1 amide bonds. The van der Waals surface area contributed by atoms with Crippen molar-refractivity contribution in [3.05, 3.63) is 17.0 Å². The summed E-state index contributed by atoms with van der Waals surface area (Å²) < 4.78 is 5.29. The summed E-state index contributed by atoms with van der Waals surface area (Å²) in [6.45, 7) is 17.6. The second-order valence-electron chi connectivity index (χ2n) is 7.82. The SMILES string of the molecule is CCNC(=NCC(C)c1c(C)noc1C)N1CCN(CC(=O)NC(C)C)CC1. The van der Waals surface area contributed by atoms with Crippen molar-refractivity contribution in [3.8, 4) is 0 Å². The molecule has 1 atom stereocenters. The molecule has 2 rings (SSSR count). The zero-order valence-electron chi connectivity index (χ0n) is 18.2. The summed E-state index contributed by atoms with van der Waals surface area (Å²) in [6, 6.07) is 0.181. The highest BCUT2D eigenvalue weighted by atomic mass is 16.5. The highest BCUT2D eigenvalue weighted by Crippen LogP contribution is 2.23. The van der Waals surface area contributed by atoms with Gasteiger partial charge < -0.3 is 20.1 Å². The van der Waals surface area contributed by atoms with E-state index in [0.29, 0.717) is 13.1 Å². The molecule has 0 bridgehead atoms. The van der Waals surface area contributed by atoms with Crippen molar-refractivity contribution in [1.29, 1.82) is 0 Å². The number of amides is 1. The van der Waals surface area contributed by atoms with Crippen LogP contribution in [0, 0.1) is 13.8 Å². The maximum atomic E-state index is 12.0. The van der Waals surface area contributed by atoms with Crippen molar-refractivity contribution in [2.75, 3.05) is 45.8 Å². The van der Waals surface area contributed by atoms with Crippen LogP contribution in [-0.2, 0) is 4.79 Å². The number of carbonyl (C=O) groups excluding carboxylic acids is 1. The van der Waals surface area contributed by atoms with Gasteiger partial charge in [-0.25, -0.2) is 0 Å². The Kier molecular flexibility index (Phi) is 8.29. The third-order valence-electron chi connectivity index (χ3n) is 4.92. The maximum Gasteiger partial charge on any atom is 0.234 e. The molecule has 0 saturated carbocycles. The Labute approximate surface area is 168 Å². The van der Waals surface area contributed by atoms with Crippen LogP contribution in [-0.4, -0.2) is 78.7 Å². The lowest BCUT2D eigenvalue weighted by atomic mass is 10.00. The monoisotopic (exact) mass is 392 g/mol. The van der Waals surface area contributed by atoms with Crippen LogP contribution in [0.3, 0.4) is 0 Å². The van der Waals surface area contributed by atoms with Crippen molar-refractivity contribution >= 4 is 11.9 Å². The van der Waals surface area contributed by atoms with Crippen molar-refractivity contribution in [2.24, 2.45) is 4.99 Å². The first-order valence-corrected chi connectivity index (χ1v) is 10.3. The maximum absolute atomic E-state index is 12.0. The first-order valence-electron chi connectivity index (χ1n) is 10.3. The summed E-state index contributed by atoms with van der Waals surface area (Å²) in [4.78, 5) is 21.3. The number of guanidine groups is 1. The van der Waals surface area contributed by atoms with Gasteiger partial charge in [0.15, 0.2) is 5.96 Å². The highest BCUT2D eigenvalue weighted by Gasteiger charge is 2.22. The predicted molar refractivity (Wildman–Crippen MR) is 112 cm³/mol. The molecule has 1 unspecified atom stereocenters. The summed E-state index contributed by atoms with van der Waals surface area (Å²) in [5, 5.41) is 10.4. The molecule has 0 aromatic carbocycles. The second-order valence-corrected chi connectivity index (χ2v) is 7.82. The molecule has 1 aromatic heterocycles. The zero-order chi connectivity index (χ0) is 20.7. The molecular weight excluding hydrogens is 356 g/mol. The number of hydrogen-bond donors (Lipinski definition) is 2. The van der Waals surface area contributed by atoms with Crippen molar-refractivity contribution in [2.45, 2.75) is 53.5 Å². The van der Waals surface area contributed by atoms with Crippen LogP contribution < -0.4 is 10.6 Å². The number of aliphatic imine (C=N–C) groups is 1. The summed E-state index contributed by atoms with van der Waals surface area (Å²) in [6.07, 6.45) is 0. The van der Waals surface area contributed by atoms with Crippen molar-refractivity contribution in [3.63, 3.8) is 0 Å². The number of nitrogens with zero attached hydrogens (tertiary/aromatic N) is 4. The first kappa shape index (κ1) is 22.2. The Bertz CT molecular complexity index is 642. The van der Waals surface area contributed by atoms with E-state index in [1.165, 1.54) is 0 Å². The van der Waals surface area contributed by atoms with E-state index in [1.54, 1.807) is 0 Å². The van der Waals surface area contributed by atoms with Gasteiger partial charge in [-0.15, -0.1) is 0 Å². The summed E-state index contributed by atoms with van der Waals surface area (Å²) >= 11 is 0. The molecule has 2 heterocycles. The third kappa shape index (κ3) is 6.22. The molecule has 0 aliphatic carbocycles. The van der Waals surface area contributed by atoms with E-state index in [2.05, 4.69) is 39.4 Å². The largest absolute Gasteiger partial charge is 0.361 e. The Balaban J connectivity index is 1.92. The molecule has 1 fully saturated rings. The van der Waals surface area contributed by atoms with Gasteiger partial charge in [0.2, 0.25) is 5.91 Å². The van der Waals surface area contributed by atoms with E-state index in [9.17, 15) is 4.79 Å². The smallest absolute Gasteiger partial charge is 0.234 e. The molecule has 0 spiro atoms. The number of aryl methyl sites for hydroxylation is 2. The minimum absolute atomic E-state index is 0.0947. The summed E-state index contributed by atoms with van der Waals surface area (Å²) in [5.41, 5.74) is 2.10. The summed E-state index contributed by atoms with van der Waals surface area (Å²) in [5.74, 6) is 2.16. The van der Waals surface area contributed by atoms with E-state index >= 15 is 0 Å². The predicted octanol–water partition coefficient (Wildman–Crippen LogP) is 1.50. The average Bonchev–Trinajstić information content (AvgIpc) is 2.97. The molecule has 1 aliphatic rings.